The summed E-state index contributed by atoms with van der Waals surface area (Å²) in [7, 11) is -3.71. The molecule has 178 valence electrons. The molecule has 0 saturated carbocycles. The van der Waals surface area contributed by atoms with Crippen molar-refractivity contribution in [3.8, 4) is 33.9 Å². The fourth-order valence-corrected chi connectivity index (χ4v) is 5.43. The van der Waals surface area contributed by atoms with Gasteiger partial charge in [0.05, 0.1) is 37.6 Å². The van der Waals surface area contributed by atoms with E-state index in [0.717, 1.165) is 5.56 Å². The molecule has 0 aliphatic carbocycles. The van der Waals surface area contributed by atoms with Crippen LogP contribution in [0, 0.1) is 5.82 Å². The van der Waals surface area contributed by atoms with E-state index in [-0.39, 0.29) is 32.8 Å². The number of nitrogen functional groups attached to an aromatic ring is 1. The molecule has 0 radical (unpaired) electrons. The number of halogens is 2. The highest BCUT2D eigenvalue weighted by atomic mass is 35.5. The molecule has 0 saturated heterocycles. The van der Waals surface area contributed by atoms with E-state index in [0.29, 0.717) is 22.5 Å². The molecule has 10 heteroatoms. The molecular formula is C25H21ClFN5O2S. The van der Waals surface area contributed by atoms with Crippen LogP contribution in [-0.2, 0) is 9.84 Å². The molecule has 2 aromatic heterocycles. The quantitative estimate of drug-likeness (QED) is 0.275. The average Bonchev–Trinajstić information content (AvgIpc) is 3.41. The highest BCUT2D eigenvalue weighted by Gasteiger charge is 2.27. The third-order valence-corrected chi connectivity index (χ3v) is 8.22. The lowest BCUT2D eigenvalue weighted by Gasteiger charge is -2.11. The van der Waals surface area contributed by atoms with Crippen LogP contribution in [0.4, 0.5) is 10.3 Å². The van der Waals surface area contributed by atoms with Crippen molar-refractivity contribution in [1.29, 1.82) is 0 Å². The Morgan fingerprint density at radius 3 is 2.40 bits per heavy atom. The zero-order chi connectivity index (χ0) is 24.9. The lowest BCUT2D eigenvalue weighted by Crippen LogP contribution is -2.14. The van der Waals surface area contributed by atoms with Gasteiger partial charge in [-0.1, -0.05) is 48.0 Å². The van der Waals surface area contributed by atoms with Gasteiger partial charge in [-0.15, -0.1) is 0 Å². The molecule has 0 aliphatic heterocycles. The van der Waals surface area contributed by atoms with Crippen LogP contribution in [0.25, 0.3) is 44.9 Å². The van der Waals surface area contributed by atoms with Crippen molar-refractivity contribution in [3.05, 3.63) is 71.5 Å². The number of rotatable bonds is 5. The number of fused-ring (bicyclic) bond motifs is 1. The number of aromatic nitrogens is 4. The van der Waals surface area contributed by atoms with E-state index in [2.05, 4.69) is 15.0 Å². The smallest absolute Gasteiger partial charge is 0.198 e. The molecule has 0 fully saturated rings. The summed E-state index contributed by atoms with van der Waals surface area (Å²) in [6.07, 6.45) is 0. The zero-order valence-electron chi connectivity index (χ0n) is 18.8. The lowest BCUT2D eigenvalue weighted by atomic mass is 10.0. The van der Waals surface area contributed by atoms with Crippen molar-refractivity contribution < 1.29 is 12.8 Å². The van der Waals surface area contributed by atoms with Crippen molar-refractivity contribution >= 4 is 38.4 Å². The second kappa shape index (κ2) is 8.51. The minimum atomic E-state index is -3.71. The first-order valence-corrected chi connectivity index (χ1v) is 12.7. The van der Waals surface area contributed by atoms with Crippen LogP contribution in [0.15, 0.2) is 65.6 Å². The van der Waals surface area contributed by atoms with E-state index in [9.17, 15) is 12.8 Å². The van der Waals surface area contributed by atoms with Gasteiger partial charge in [-0.3, -0.25) is 0 Å². The highest BCUT2D eigenvalue weighted by Crippen LogP contribution is 2.38. The largest absolute Gasteiger partial charge is 0.369 e. The fraction of sp³-hybridized carbons (Fsp3) is 0.120. The Morgan fingerprint density at radius 1 is 0.971 bits per heavy atom. The van der Waals surface area contributed by atoms with E-state index in [1.165, 1.54) is 18.2 Å². The first-order valence-electron chi connectivity index (χ1n) is 10.8. The molecule has 2 heterocycles. The predicted molar refractivity (Wildman–Crippen MR) is 136 cm³/mol. The van der Waals surface area contributed by atoms with Gasteiger partial charge in [0.1, 0.15) is 17.2 Å². The van der Waals surface area contributed by atoms with Gasteiger partial charge in [-0.2, -0.15) is 0 Å². The Labute approximate surface area is 206 Å². The standard InChI is InChI=1S/C25H21ClFN5O2S/c1-13(2)35(33,34)19-12-15(11-18-23(19)32-25(28)29-18)22-21(14-7-4-3-5-8-14)30-24(31-22)20-16(26)9-6-10-17(20)27/h3-13H,1-2H3,(H,30,31)(H3,28,29,32). The van der Waals surface area contributed by atoms with Crippen molar-refractivity contribution in [1.82, 2.24) is 19.9 Å². The number of nitrogens with two attached hydrogens (primary N) is 1. The van der Waals surface area contributed by atoms with Crippen LogP contribution in [0.3, 0.4) is 0 Å². The van der Waals surface area contributed by atoms with Gasteiger partial charge in [-0.05, 0) is 38.1 Å². The monoisotopic (exact) mass is 509 g/mol. The Hall–Kier alpha value is -3.69. The summed E-state index contributed by atoms with van der Waals surface area (Å²) >= 11 is 6.31. The van der Waals surface area contributed by atoms with Crippen molar-refractivity contribution in [3.63, 3.8) is 0 Å². The fourth-order valence-electron chi connectivity index (χ4n) is 3.95. The molecule has 4 N–H and O–H groups in total. The van der Waals surface area contributed by atoms with Crippen LogP contribution in [0.5, 0.6) is 0 Å². The van der Waals surface area contributed by atoms with Crippen LogP contribution >= 0.6 is 11.6 Å². The molecule has 0 unspecified atom stereocenters. The topological polar surface area (TPSA) is 118 Å². The van der Waals surface area contributed by atoms with Gasteiger partial charge in [0, 0.05) is 11.1 Å². The van der Waals surface area contributed by atoms with Crippen LogP contribution in [-0.4, -0.2) is 33.6 Å². The molecule has 7 nitrogen and oxygen atoms in total. The SMILES string of the molecule is CC(C)S(=O)(=O)c1cc(-c2nc(-c3c(F)cccc3Cl)[nH]c2-c2ccccc2)cc2[nH]c(N)nc12. The molecule has 0 amide bonds. The first kappa shape index (κ1) is 23.1. The molecule has 3 aromatic carbocycles. The second-order valence-corrected chi connectivity index (χ2v) is 11.2. The minimum Gasteiger partial charge on any atom is -0.369 e. The molecule has 5 aromatic rings. The maximum absolute atomic E-state index is 14.8. The number of H-pyrrole nitrogens is 2. The van der Waals surface area contributed by atoms with E-state index in [1.54, 1.807) is 26.0 Å². The summed E-state index contributed by atoms with van der Waals surface area (Å²) in [5.41, 5.74) is 8.99. The summed E-state index contributed by atoms with van der Waals surface area (Å²) in [5, 5.41) is -0.482. The van der Waals surface area contributed by atoms with Crippen molar-refractivity contribution in [2.45, 2.75) is 24.0 Å². The summed E-state index contributed by atoms with van der Waals surface area (Å²) in [4.78, 5) is 15.0. The van der Waals surface area contributed by atoms with Gasteiger partial charge in [-0.25, -0.2) is 22.8 Å². The third-order valence-electron chi connectivity index (χ3n) is 5.74. The number of nitrogens with one attached hydrogen (secondary N) is 2. The van der Waals surface area contributed by atoms with Crippen LogP contribution in [0.1, 0.15) is 13.8 Å². The number of imidazole rings is 2. The normalized spacial score (nSPS) is 12.0. The number of anilines is 1. The van der Waals surface area contributed by atoms with E-state index < -0.39 is 20.9 Å². The maximum Gasteiger partial charge on any atom is 0.198 e. The number of hydrogen-bond donors (Lipinski definition) is 3. The van der Waals surface area contributed by atoms with Gasteiger partial charge < -0.3 is 15.7 Å². The third kappa shape index (κ3) is 3.96. The molecule has 0 atom stereocenters. The summed E-state index contributed by atoms with van der Waals surface area (Å²) in [5.74, 6) is -0.210. The van der Waals surface area contributed by atoms with Gasteiger partial charge in [0.25, 0.3) is 0 Å². The molecule has 0 bridgehead atoms. The second-order valence-electron chi connectivity index (χ2n) is 8.36. The number of nitrogens with zero attached hydrogens (tertiary/aromatic N) is 2. The molecule has 5 rings (SSSR count). The number of benzene rings is 3. The van der Waals surface area contributed by atoms with Crippen molar-refractivity contribution in [2.75, 3.05) is 5.73 Å². The van der Waals surface area contributed by atoms with Crippen molar-refractivity contribution in [2.24, 2.45) is 0 Å². The van der Waals surface area contributed by atoms with Crippen LogP contribution < -0.4 is 5.73 Å². The number of aromatic amines is 2. The summed E-state index contributed by atoms with van der Waals surface area (Å²) < 4.78 is 41.2. The lowest BCUT2D eigenvalue weighted by molar-refractivity contribution is 0.588. The van der Waals surface area contributed by atoms with E-state index in [1.807, 2.05) is 30.3 Å². The Morgan fingerprint density at radius 2 is 1.71 bits per heavy atom. The Bertz CT molecular complexity index is 1660. The van der Waals surface area contributed by atoms with Gasteiger partial charge in [0.2, 0.25) is 0 Å². The summed E-state index contributed by atoms with van der Waals surface area (Å²) in [6.45, 7) is 3.21. The number of hydrogen-bond acceptors (Lipinski definition) is 5. The highest BCUT2D eigenvalue weighted by molar-refractivity contribution is 7.92. The van der Waals surface area contributed by atoms with Crippen LogP contribution in [0.2, 0.25) is 5.02 Å². The Balaban J connectivity index is 1.83. The maximum atomic E-state index is 14.8. The molecule has 0 aliphatic rings. The molecule has 35 heavy (non-hydrogen) atoms. The van der Waals surface area contributed by atoms with E-state index >= 15 is 0 Å². The van der Waals surface area contributed by atoms with E-state index in [4.69, 9.17) is 22.3 Å². The average molecular weight is 510 g/mol. The molecule has 0 spiro atoms. The van der Waals surface area contributed by atoms with Gasteiger partial charge in [0.15, 0.2) is 15.8 Å². The predicted octanol–water partition coefficient (Wildman–Crippen LogP) is 5.84. The summed E-state index contributed by atoms with van der Waals surface area (Å²) in [6, 6.07) is 17.0. The number of sulfone groups is 1. The Kier molecular flexibility index (Phi) is 5.61. The van der Waals surface area contributed by atoms with Gasteiger partial charge >= 0.3 is 0 Å². The molecular weight excluding hydrogens is 489 g/mol. The first-order chi connectivity index (χ1) is 16.7. The zero-order valence-corrected chi connectivity index (χ0v) is 20.4. The minimum absolute atomic E-state index is 0.0421.